The van der Waals surface area contributed by atoms with Gasteiger partial charge in [0.2, 0.25) is 5.91 Å². The Morgan fingerprint density at radius 2 is 1.88 bits per heavy atom. The van der Waals surface area contributed by atoms with Crippen LogP contribution in [0, 0.1) is 6.92 Å². The number of halogens is 1. The molecule has 0 aliphatic rings. The minimum absolute atomic E-state index is 0.0555. The topological polar surface area (TPSA) is 54.0 Å². The van der Waals surface area contributed by atoms with Gasteiger partial charge in [-0.05, 0) is 42.8 Å². The van der Waals surface area contributed by atoms with E-state index in [-0.39, 0.29) is 5.91 Å². The summed E-state index contributed by atoms with van der Waals surface area (Å²) in [4.78, 5) is 16.5. The smallest absolute Gasteiger partial charge is 0.228 e. The molecule has 0 atom stereocenters. The largest absolute Gasteiger partial charge is 0.340 e. The summed E-state index contributed by atoms with van der Waals surface area (Å²) in [7, 11) is 0. The Morgan fingerprint density at radius 3 is 2.60 bits per heavy atom. The van der Waals surface area contributed by atoms with Crippen molar-refractivity contribution < 1.29 is 4.79 Å². The van der Waals surface area contributed by atoms with Crippen molar-refractivity contribution in [2.24, 2.45) is 0 Å². The summed E-state index contributed by atoms with van der Waals surface area (Å²) in [5.74, 6) is 0.662. The average molecular weight is 396 g/mol. The number of pyridine rings is 1. The lowest BCUT2D eigenvalue weighted by atomic mass is 10.1. The third-order valence-corrected chi connectivity index (χ3v) is 4.08. The summed E-state index contributed by atoms with van der Waals surface area (Å²) in [6.45, 7) is 2.02. The van der Waals surface area contributed by atoms with Gasteiger partial charge in [-0.2, -0.15) is 0 Å². The molecule has 2 N–H and O–H groups in total. The van der Waals surface area contributed by atoms with Crippen molar-refractivity contribution in [1.29, 1.82) is 0 Å². The molecule has 0 aliphatic heterocycles. The van der Waals surface area contributed by atoms with Crippen molar-refractivity contribution >= 4 is 39.0 Å². The summed E-state index contributed by atoms with van der Waals surface area (Å²) in [5, 5.41) is 6.09. The van der Waals surface area contributed by atoms with E-state index in [0.717, 1.165) is 27.1 Å². The Kier molecular flexibility index (Phi) is 5.46. The van der Waals surface area contributed by atoms with Crippen LogP contribution in [0.25, 0.3) is 0 Å². The van der Waals surface area contributed by atoms with Crippen LogP contribution in [0.3, 0.4) is 0 Å². The van der Waals surface area contributed by atoms with Crippen LogP contribution in [0.5, 0.6) is 0 Å². The highest BCUT2D eigenvalue weighted by molar-refractivity contribution is 9.10. The Labute approximate surface area is 155 Å². The molecule has 3 rings (SSSR count). The van der Waals surface area contributed by atoms with E-state index in [1.165, 1.54) is 0 Å². The molecule has 4 nitrogen and oxygen atoms in total. The molecular weight excluding hydrogens is 378 g/mol. The zero-order chi connectivity index (χ0) is 17.6. The lowest BCUT2D eigenvalue weighted by Crippen LogP contribution is -2.14. The molecule has 0 unspecified atom stereocenters. The molecule has 126 valence electrons. The maximum atomic E-state index is 12.1. The fraction of sp³-hybridized carbons (Fsp3) is 0.100. The molecule has 0 aliphatic carbocycles. The zero-order valence-corrected chi connectivity index (χ0v) is 15.4. The van der Waals surface area contributed by atoms with Crippen LogP contribution >= 0.6 is 15.9 Å². The Bertz CT molecular complexity index is 878. The van der Waals surface area contributed by atoms with Crippen molar-refractivity contribution in [3.05, 3.63) is 82.5 Å². The van der Waals surface area contributed by atoms with E-state index >= 15 is 0 Å². The Hall–Kier alpha value is -2.66. The van der Waals surface area contributed by atoms with E-state index in [9.17, 15) is 4.79 Å². The van der Waals surface area contributed by atoms with Gasteiger partial charge < -0.3 is 10.6 Å². The first-order valence-corrected chi connectivity index (χ1v) is 8.72. The first-order valence-electron chi connectivity index (χ1n) is 7.92. The molecular formula is C20H18BrN3O. The summed E-state index contributed by atoms with van der Waals surface area (Å²) in [5.41, 5.74) is 3.77. The average Bonchev–Trinajstić information content (AvgIpc) is 2.57. The maximum Gasteiger partial charge on any atom is 0.228 e. The van der Waals surface area contributed by atoms with Gasteiger partial charge in [-0.3, -0.25) is 4.79 Å². The molecule has 1 amide bonds. The van der Waals surface area contributed by atoms with Gasteiger partial charge in [-0.1, -0.05) is 51.8 Å². The molecule has 0 saturated heterocycles. The second-order valence-electron chi connectivity index (χ2n) is 5.78. The quantitative estimate of drug-likeness (QED) is 0.633. The molecule has 1 heterocycles. The van der Waals surface area contributed by atoms with Gasteiger partial charge in [0.15, 0.2) is 0 Å². The van der Waals surface area contributed by atoms with Crippen LogP contribution < -0.4 is 10.6 Å². The van der Waals surface area contributed by atoms with Crippen LogP contribution in [0.4, 0.5) is 17.2 Å². The predicted molar refractivity (Wildman–Crippen MR) is 105 cm³/mol. The minimum Gasteiger partial charge on any atom is -0.340 e. The van der Waals surface area contributed by atoms with Gasteiger partial charge in [0.05, 0.1) is 18.3 Å². The van der Waals surface area contributed by atoms with E-state index in [1.807, 2.05) is 67.6 Å². The van der Waals surface area contributed by atoms with E-state index in [4.69, 9.17) is 0 Å². The fourth-order valence-corrected chi connectivity index (χ4v) is 2.87. The van der Waals surface area contributed by atoms with Gasteiger partial charge in [0.1, 0.15) is 5.82 Å². The molecule has 0 fully saturated rings. The SMILES string of the molecule is Cc1cccc(CC(=O)Nc2ccc(Nc3cccc(Br)c3)nc2)c1. The number of carbonyl (C=O) groups is 1. The normalized spacial score (nSPS) is 10.3. The van der Waals surface area contributed by atoms with E-state index in [2.05, 4.69) is 31.5 Å². The molecule has 2 aromatic carbocycles. The van der Waals surface area contributed by atoms with Crippen molar-refractivity contribution in [2.75, 3.05) is 10.6 Å². The van der Waals surface area contributed by atoms with Gasteiger partial charge in [-0.15, -0.1) is 0 Å². The van der Waals surface area contributed by atoms with E-state index in [0.29, 0.717) is 12.1 Å². The molecule has 0 bridgehead atoms. The highest BCUT2D eigenvalue weighted by Crippen LogP contribution is 2.20. The lowest BCUT2D eigenvalue weighted by Gasteiger charge is -2.08. The number of amides is 1. The number of aryl methyl sites for hydroxylation is 1. The molecule has 25 heavy (non-hydrogen) atoms. The molecule has 1 aromatic heterocycles. The highest BCUT2D eigenvalue weighted by atomic mass is 79.9. The van der Waals surface area contributed by atoms with Crippen LogP contribution in [-0.2, 0) is 11.2 Å². The second-order valence-corrected chi connectivity index (χ2v) is 6.70. The van der Waals surface area contributed by atoms with Crippen LogP contribution in [0.15, 0.2) is 71.3 Å². The monoisotopic (exact) mass is 395 g/mol. The highest BCUT2D eigenvalue weighted by Gasteiger charge is 2.05. The number of rotatable bonds is 5. The predicted octanol–water partition coefficient (Wildman–Crippen LogP) is 5.08. The molecule has 0 spiro atoms. The summed E-state index contributed by atoms with van der Waals surface area (Å²) in [6, 6.07) is 19.5. The first kappa shape index (κ1) is 17.2. The molecule has 0 radical (unpaired) electrons. The van der Waals surface area contributed by atoms with Gasteiger partial charge in [-0.25, -0.2) is 4.98 Å². The number of anilines is 3. The van der Waals surface area contributed by atoms with Crippen LogP contribution in [-0.4, -0.2) is 10.9 Å². The number of hydrogen-bond donors (Lipinski definition) is 2. The van der Waals surface area contributed by atoms with Crippen molar-refractivity contribution in [3.8, 4) is 0 Å². The van der Waals surface area contributed by atoms with Crippen LogP contribution in [0.1, 0.15) is 11.1 Å². The molecule has 5 heteroatoms. The first-order chi connectivity index (χ1) is 12.1. The number of aromatic nitrogens is 1. The maximum absolute atomic E-state index is 12.1. The fourth-order valence-electron chi connectivity index (χ4n) is 2.47. The summed E-state index contributed by atoms with van der Waals surface area (Å²) >= 11 is 3.44. The summed E-state index contributed by atoms with van der Waals surface area (Å²) < 4.78 is 0.998. The molecule has 3 aromatic rings. The third kappa shape index (κ3) is 5.16. The van der Waals surface area contributed by atoms with Crippen molar-refractivity contribution in [1.82, 2.24) is 4.98 Å². The second kappa shape index (κ2) is 7.94. The number of carbonyl (C=O) groups excluding carboxylic acids is 1. The zero-order valence-electron chi connectivity index (χ0n) is 13.8. The Balaban J connectivity index is 1.59. The molecule has 0 saturated carbocycles. The summed E-state index contributed by atoms with van der Waals surface area (Å²) in [6.07, 6.45) is 1.99. The number of nitrogens with one attached hydrogen (secondary N) is 2. The van der Waals surface area contributed by atoms with E-state index in [1.54, 1.807) is 6.20 Å². The van der Waals surface area contributed by atoms with Crippen molar-refractivity contribution in [3.63, 3.8) is 0 Å². The number of nitrogens with zero attached hydrogens (tertiary/aromatic N) is 1. The van der Waals surface area contributed by atoms with Gasteiger partial charge in [0.25, 0.3) is 0 Å². The number of hydrogen-bond acceptors (Lipinski definition) is 3. The third-order valence-electron chi connectivity index (χ3n) is 3.59. The van der Waals surface area contributed by atoms with Crippen molar-refractivity contribution in [2.45, 2.75) is 13.3 Å². The van der Waals surface area contributed by atoms with Gasteiger partial charge in [0, 0.05) is 10.2 Å². The van der Waals surface area contributed by atoms with Crippen LogP contribution in [0.2, 0.25) is 0 Å². The van der Waals surface area contributed by atoms with Gasteiger partial charge >= 0.3 is 0 Å². The number of benzene rings is 2. The Morgan fingerprint density at radius 1 is 1.04 bits per heavy atom. The van der Waals surface area contributed by atoms with E-state index < -0.39 is 0 Å². The standard InChI is InChI=1S/C20H18BrN3O/c1-14-4-2-5-15(10-14)11-20(25)24-18-8-9-19(22-13-18)23-17-7-3-6-16(21)12-17/h2-10,12-13H,11H2,1H3,(H,22,23)(H,24,25). The lowest BCUT2D eigenvalue weighted by molar-refractivity contribution is -0.115. The minimum atomic E-state index is -0.0555.